The summed E-state index contributed by atoms with van der Waals surface area (Å²) in [6.45, 7) is 1.87. The lowest BCUT2D eigenvalue weighted by atomic mass is 10.2. The molecule has 0 aliphatic carbocycles. The van der Waals surface area contributed by atoms with Crippen LogP contribution in [-0.2, 0) is 6.42 Å². The van der Waals surface area contributed by atoms with E-state index < -0.39 is 11.6 Å². The summed E-state index contributed by atoms with van der Waals surface area (Å²) in [6.07, 6.45) is 0.605. The first-order valence-corrected chi connectivity index (χ1v) is 5.79. The van der Waals surface area contributed by atoms with Crippen LogP contribution in [0.5, 0.6) is 0 Å². The number of nitrogens with zero attached hydrogens (tertiary/aromatic N) is 4. The smallest absolute Gasteiger partial charge is 0.316 e. The third-order valence-electron chi connectivity index (χ3n) is 2.57. The number of benzene rings is 1. The maximum absolute atomic E-state index is 13.1. The van der Waals surface area contributed by atoms with Gasteiger partial charge in [0, 0.05) is 12.0 Å². The van der Waals surface area contributed by atoms with Crippen LogP contribution in [0.4, 0.5) is 8.78 Å². The molecule has 20 heavy (non-hydrogen) atoms. The maximum Gasteiger partial charge on any atom is 0.316 e. The first-order chi connectivity index (χ1) is 9.67. The predicted molar refractivity (Wildman–Crippen MR) is 62.3 cm³/mol. The Morgan fingerprint density at radius 3 is 2.45 bits per heavy atom. The van der Waals surface area contributed by atoms with Gasteiger partial charge in [0.15, 0.2) is 17.5 Å². The van der Waals surface area contributed by atoms with Crippen molar-refractivity contribution in [3.63, 3.8) is 0 Å². The van der Waals surface area contributed by atoms with Crippen molar-refractivity contribution in [2.75, 3.05) is 0 Å². The molecule has 0 amide bonds. The van der Waals surface area contributed by atoms with Crippen LogP contribution in [0.15, 0.2) is 27.2 Å². The van der Waals surface area contributed by atoms with E-state index >= 15 is 0 Å². The minimum absolute atomic E-state index is 0.0249. The van der Waals surface area contributed by atoms with Crippen LogP contribution < -0.4 is 0 Å². The lowest BCUT2D eigenvalue weighted by Crippen LogP contribution is -1.87. The van der Waals surface area contributed by atoms with E-state index in [0.29, 0.717) is 12.2 Å². The Morgan fingerprint density at radius 2 is 1.75 bits per heavy atom. The van der Waals surface area contributed by atoms with Crippen molar-refractivity contribution in [3.8, 4) is 23.2 Å². The lowest BCUT2D eigenvalue weighted by Gasteiger charge is -1.95. The molecular weight excluding hydrogens is 270 g/mol. The lowest BCUT2D eigenvalue weighted by molar-refractivity contribution is 0.380. The molecule has 3 aromatic rings. The van der Waals surface area contributed by atoms with Gasteiger partial charge in [0.1, 0.15) is 0 Å². The van der Waals surface area contributed by atoms with E-state index in [2.05, 4.69) is 20.3 Å². The van der Waals surface area contributed by atoms with Crippen molar-refractivity contribution >= 4 is 0 Å². The van der Waals surface area contributed by atoms with E-state index in [4.69, 9.17) is 9.05 Å². The van der Waals surface area contributed by atoms with Crippen LogP contribution in [0.3, 0.4) is 0 Å². The topological polar surface area (TPSA) is 77.8 Å². The van der Waals surface area contributed by atoms with Gasteiger partial charge in [0.05, 0.1) is 0 Å². The second-order valence-corrected chi connectivity index (χ2v) is 3.92. The summed E-state index contributed by atoms with van der Waals surface area (Å²) in [6, 6.07) is 3.32. The fourth-order valence-corrected chi connectivity index (χ4v) is 1.55. The minimum atomic E-state index is -0.986. The molecule has 0 bridgehead atoms. The minimum Gasteiger partial charge on any atom is -0.329 e. The average molecular weight is 278 g/mol. The molecule has 0 aliphatic heterocycles. The molecule has 2 aromatic heterocycles. The van der Waals surface area contributed by atoms with Gasteiger partial charge in [-0.15, -0.1) is 0 Å². The summed E-state index contributed by atoms with van der Waals surface area (Å²) < 4.78 is 35.9. The Bertz CT molecular complexity index is 754. The highest BCUT2D eigenvalue weighted by Crippen LogP contribution is 2.22. The first-order valence-electron chi connectivity index (χ1n) is 5.79. The molecule has 6 nitrogen and oxygen atoms in total. The van der Waals surface area contributed by atoms with Crippen LogP contribution in [0.25, 0.3) is 23.2 Å². The van der Waals surface area contributed by atoms with Crippen molar-refractivity contribution < 1.29 is 17.8 Å². The summed E-state index contributed by atoms with van der Waals surface area (Å²) in [5.41, 5.74) is 0.286. The van der Waals surface area contributed by atoms with E-state index in [-0.39, 0.29) is 23.2 Å². The maximum atomic E-state index is 13.1. The SMILES string of the molecule is CCc1noc(-c2nc(-c3ccc(F)c(F)c3)no2)n1. The molecule has 2 heterocycles. The summed E-state index contributed by atoms with van der Waals surface area (Å²) in [7, 11) is 0. The zero-order valence-electron chi connectivity index (χ0n) is 10.3. The van der Waals surface area contributed by atoms with Crippen LogP contribution in [0, 0.1) is 11.6 Å². The van der Waals surface area contributed by atoms with Gasteiger partial charge in [-0.3, -0.25) is 0 Å². The molecule has 3 rings (SSSR count). The summed E-state index contributed by atoms with van der Waals surface area (Å²) in [5.74, 6) is -1.20. The second-order valence-electron chi connectivity index (χ2n) is 3.92. The third kappa shape index (κ3) is 2.15. The number of aromatic nitrogens is 4. The molecule has 0 aliphatic rings. The van der Waals surface area contributed by atoms with Crippen LogP contribution in [0.2, 0.25) is 0 Å². The molecule has 0 saturated heterocycles. The number of aryl methyl sites for hydroxylation is 1. The van der Waals surface area contributed by atoms with Crippen LogP contribution in [0.1, 0.15) is 12.7 Å². The van der Waals surface area contributed by atoms with E-state index in [0.717, 1.165) is 12.1 Å². The third-order valence-corrected chi connectivity index (χ3v) is 2.57. The van der Waals surface area contributed by atoms with E-state index in [9.17, 15) is 8.78 Å². The van der Waals surface area contributed by atoms with Crippen molar-refractivity contribution in [1.29, 1.82) is 0 Å². The molecule has 0 fully saturated rings. The van der Waals surface area contributed by atoms with E-state index in [1.165, 1.54) is 6.07 Å². The Kier molecular flexibility index (Phi) is 2.97. The summed E-state index contributed by atoms with van der Waals surface area (Å²) in [4.78, 5) is 8.04. The number of hydrogen-bond donors (Lipinski definition) is 0. The van der Waals surface area contributed by atoms with Crippen LogP contribution in [-0.4, -0.2) is 20.3 Å². The van der Waals surface area contributed by atoms with E-state index in [1.54, 1.807) is 0 Å². The average Bonchev–Trinajstić information content (AvgIpc) is 3.09. The molecule has 0 radical (unpaired) electrons. The molecular formula is C12H8F2N4O2. The van der Waals surface area contributed by atoms with Gasteiger partial charge in [0.2, 0.25) is 5.82 Å². The van der Waals surface area contributed by atoms with E-state index in [1.807, 2.05) is 6.92 Å². The van der Waals surface area contributed by atoms with Gasteiger partial charge < -0.3 is 9.05 Å². The standard InChI is InChI=1S/C12H8F2N4O2/c1-2-9-15-11(19-17-9)12-16-10(18-20-12)6-3-4-7(13)8(14)5-6/h3-5H,2H2,1H3. The normalized spacial score (nSPS) is 10.9. The van der Waals surface area contributed by atoms with Gasteiger partial charge in [-0.05, 0) is 18.2 Å². The van der Waals surface area contributed by atoms with Crippen molar-refractivity contribution in [1.82, 2.24) is 20.3 Å². The summed E-state index contributed by atoms with van der Waals surface area (Å²) >= 11 is 0. The Balaban J connectivity index is 1.95. The van der Waals surface area contributed by atoms with Crippen molar-refractivity contribution in [3.05, 3.63) is 35.7 Å². The monoisotopic (exact) mass is 278 g/mol. The zero-order valence-corrected chi connectivity index (χ0v) is 10.3. The Morgan fingerprint density at radius 1 is 1.00 bits per heavy atom. The molecule has 0 N–H and O–H groups in total. The van der Waals surface area contributed by atoms with Gasteiger partial charge in [0.25, 0.3) is 0 Å². The molecule has 1 aromatic carbocycles. The molecule has 0 unspecified atom stereocenters. The van der Waals surface area contributed by atoms with Gasteiger partial charge in [-0.1, -0.05) is 17.2 Å². The fraction of sp³-hybridized carbons (Fsp3) is 0.167. The van der Waals surface area contributed by atoms with Crippen LogP contribution >= 0.6 is 0 Å². The van der Waals surface area contributed by atoms with Crippen molar-refractivity contribution in [2.24, 2.45) is 0 Å². The fourth-order valence-electron chi connectivity index (χ4n) is 1.55. The predicted octanol–water partition coefficient (Wildman–Crippen LogP) is 2.63. The van der Waals surface area contributed by atoms with Crippen molar-refractivity contribution in [2.45, 2.75) is 13.3 Å². The van der Waals surface area contributed by atoms with Gasteiger partial charge >= 0.3 is 11.8 Å². The summed E-state index contributed by atoms with van der Waals surface area (Å²) in [5, 5.41) is 7.36. The number of halogens is 2. The first kappa shape index (κ1) is 12.4. The zero-order chi connectivity index (χ0) is 14.1. The molecule has 8 heteroatoms. The molecule has 102 valence electrons. The molecule has 0 atom stereocenters. The van der Waals surface area contributed by atoms with Gasteiger partial charge in [-0.2, -0.15) is 9.97 Å². The Labute approximate surface area is 111 Å². The highest BCUT2D eigenvalue weighted by Gasteiger charge is 2.17. The highest BCUT2D eigenvalue weighted by atomic mass is 19.2. The number of hydrogen-bond acceptors (Lipinski definition) is 6. The molecule has 0 saturated carbocycles. The highest BCUT2D eigenvalue weighted by molar-refractivity contribution is 5.56. The molecule has 0 spiro atoms. The Hall–Kier alpha value is -2.64. The number of rotatable bonds is 3. The quantitative estimate of drug-likeness (QED) is 0.732. The van der Waals surface area contributed by atoms with Gasteiger partial charge in [-0.25, -0.2) is 8.78 Å². The largest absolute Gasteiger partial charge is 0.329 e. The second kappa shape index (κ2) is 4.80.